The van der Waals surface area contributed by atoms with E-state index >= 15 is 0 Å². The van der Waals surface area contributed by atoms with Gasteiger partial charge in [-0.2, -0.15) is 0 Å². The van der Waals surface area contributed by atoms with Crippen molar-refractivity contribution in [3.8, 4) is 22.6 Å². The summed E-state index contributed by atoms with van der Waals surface area (Å²) < 4.78 is 12.4. The van der Waals surface area contributed by atoms with Gasteiger partial charge < -0.3 is 14.2 Å². The van der Waals surface area contributed by atoms with E-state index in [1.54, 1.807) is 0 Å². The van der Waals surface area contributed by atoms with Gasteiger partial charge in [0.1, 0.15) is 23.0 Å². The molecule has 0 saturated heterocycles. The summed E-state index contributed by atoms with van der Waals surface area (Å²) in [6, 6.07) is 12.2. The van der Waals surface area contributed by atoms with Gasteiger partial charge in [-0.1, -0.05) is 41.5 Å². The molecule has 2 aromatic heterocycles. The topological polar surface area (TPSA) is 50.7 Å². The number of hydrogen-bond donors (Lipinski definition) is 1. The highest BCUT2D eigenvalue weighted by Gasteiger charge is 2.25. The predicted octanol–water partition coefficient (Wildman–Crippen LogP) is 7.57. The molecule has 0 bridgehead atoms. The summed E-state index contributed by atoms with van der Waals surface area (Å²) in [5.41, 5.74) is 3.44. The minimum absolute atomic E-state index is 0.0106. The molecule has 3 aromatic rings. The molecule has 0 spiro atoms. The molecule has 0 unspecified atom stereocenters. The first-order valence-corrected chi connectivity index (χ1v) is 10.1. The molecule has 4 nitrogen and oxygen atoms in total. The van der Waals surface area contributed by atoms with Crippen LogP contribution in [0, 0.1) is 0 Å². The SMILES string of the molecule is C=Nc1c(-c2ccc(C(C)(C)CC)o2)ccc(-c2ccc(C(C)(C)C)o2)c1NC. The molecule has 0 saturated carbocycles. The largest absolute Gasteiger partial charge is 0.460 e. The van der Waals surface area contributed by atoms with Crippen molar-refractivity contribution in [1.29, 1.82) is 0 Å². The number of hydrogen-bond acceptors (Lipinski definition) is 4. The van der Waals surface area contributed by atoms with Crippen molar-refractivity contribution in [2.24, 2.45) is 4.99 Å². The maximum atomic E-state index is 6.22. The predicted molar refractivity (Wildman–Crippen MR) is 123 cm³/mol. The summed E-state index contributed by atoms with van der Waals surface area (Å²) in [6.07, 6.45) is 1.00. The molecule has 0 aliphatic rings. The van der Waals surface area contributed by atoms with E-state index < -0.39 is 0 Å². The van der Waals surface area contributed by atoms with Gasteiger partial charge in [-0.05, 0) is 49.5 Å². The Hall–Kier alpha value is -2.75. The van der Waals surface area contributed by atoms with Crippen LogP contribution in [0.2, 0.25) is 0 Å². The van der Waals surface area contributed by atoms with Gasteiger partial charge in [0.05, 0.1) is 11.4 Å². The van der Waals surface area contributed by atoms with Crippen LogP contribution in [0.1, 0.15) is 59.5 Å². The number of anilines is 1. The van der Waals surface area contributed by atoms with Crippen LogP contribution in [0.4, 0.5) is 11.4 Å². The third-order valence-corrected chi connectivity index (χ3v) is 5.62. The number of aliphatic imine (C=N–C) groups is 1. The highest BCUT2D eigenvalue weighted by molar-refractivity contribution is 5.93. The summed E-state index contributed by atoms with van der Waals surface area (Å²) in [4.78, 5) is 4.34. The van der Waals surface area contributed by atoms with E-state index in [9.17, 15) is 0 Å². The summed E-state index contributed by atoms with van der Waals surface area (Å²) in [7, 11) is 1.89. The molecule has 2 heterocycles. The second kappa shape index (κ2) is 7.58. The highest BCUT2D eigenvalue weighted by atomic mass is 16.3. The van der Waals surface area contributed by atoms with Crippen LogP contribution in [0.15, 0.2) is 50.2 Å². The van der Waals surface area contributed by atoms with Gasteiger partial charge in [0, 0.05) is 29.0 Å². The van der Waals surface area contributed by atoms with Crippen LogP contribution < -0.4 is 5.32 Å². The van der Waals surface area contributed by atoms with Crippen LogP contribution in [0.25, 0.3) is 22.6 Å². The fraction of sp³-hybridized carbons (Fsp3) is 0.400. The molecule has 0 amide bonds. The summed E-state index contributed by atoms with van der Waals surface area (Å²) >= 11 is 0. The van der Waals surface area contributed by atoms with E-state index in [1.807, 2.05) is 37.4 Å². The fourth-order valence-corrected chi connectivity index (χ4v) is 3.32. The van der Waals surface area contributed by atoms with Gasteiger partial charge in [0.15, 0.2) is 0 Å². The first-order valence-electron chi connectivity index (χ1n) is 10.1. The van der Waals surface area contributed by atoms with Crippen molar-refractivity contribution in [2.45, 2.75) is 58.8 Å². The quantitative estimate of drug-likeness (QED) is 0.440. The van der Waals surface area contributed by atoms with Crippen LogP contribution in [-0.2, 0) is 10.8 Å². The van der Waals surface area contributed by atoms with E-state index in [0.29, 0.717) is 0 Å². The standard InChI is InChI=1S/C25H32N2O2/c1-9-25(5,6)21-15-13-19(29-21)17-11-10-16(22(26-7)23(17)27-8)18-12-14-20(28-18)24(2,3)4/h10-15,26H,8-9H2,1-7H3. The normalized spacial score (nSPS) is 12.2. The molecule has 1 N–H and O–H groups in total. The Morgan fingerprint density at radius 2 is 1.41 bits per heavy atom. The van der Waals surface area contributed by atoms with Gasteiger partial charge in [-0.25, -0.2) is 0 Å². The first-order chi connectivity index (χ1) is 13.6. The number of rotatable bonds is 6. The molecular weight excluding hydrogens is 360 g/mol. The third-order valence-electron chi connectivity index (χ3n) is 5.62. The van der Waals surface area contributed by atoms with Crippen molar-refractivity contribution in [1.82, 2.24) is 0 Å². The highest BCUT2D eigenvalue weighted by Crippen LogP contribution is 2.45. The lowest BCUT2D eigenvalue weighted by atomic mass is 9.88. The lowest BCUT2D eigenvalue weighted by Gasteiger charge is -2.19. The van der Waals surface area contributed by atoms with Crippen LogP contribution >= 0.6 is 0 Å². The average molecular weight is 393 g/mol. The van der Waals surface area contributed by atoms with Crippen LogP contribution in [0.3, 0.4) is 0 Å². The minimum Gasteiger partial charge on any atom is -0.460 e. The smallest absolute Gasteiger partial charge is 0.136 e. The molecule has 154 valence electrons. The van der Waals surface area contributed by atoms with E-state index in [2.05, 4.69) is 64.6 Å². The van der Waals surface area contributed by atoms with E-state index in [-0.39, 0.29) is 10.8 Å². The summed E-state index contributed by atoms with van der Waals surface area (Å²) in [5, 5.41) is 3.28. The van der Waals surface area contributed by atoms with Gasteiger partial charge >= 0.3 is 0 Å². The maximum Gasteiger partial charge on any atom is 0.136 e. The van der Waals surface area contributed by atoms with E-state index in [4.69, 9.17) is 8.83 Å². The molecule has 4 heteroatoms. The Kier molecular flexibility index (Phi) is 5.48. The lowest BCUT2D eigenvalue weighted by Crippen LogP contribution is -2.13. The van der Waals surface area contributed by atoms with Gasteiger partial charge in [-0.3, -0.25) is 4.99 Å². The molecule has 0 atom stereocenters. The zero-order valence-electron chi connectivity index (χ0n) is 18.6. The van der Waals surface area contributed by atoms with Crippen molar-refractivity contribution >= 4 is 18.1 Å². The van der Waals surface area contributed by atoms with Crippen LogP contribution in [-0.4, -0.2) is 13.8 Å². The number of nitrogens with one attached hydrogen (secondary N) is 1. The Morgan fingerprint density at radius 1 is 0.862 bits per heavy atom. The molecule has 29 heavy (non-hydrogen) atoms. The van der Waals surface area contributed by atoms with Crippen molar-refractivity contribution in [3.05, 3.63) is 47.9 Å². The average Bonchev–Trinajstić information content (AvgIpc) is 3.36. The van der Waals surface area contributed by atoms with Crippen molar-refractivity contribution in [3.63, 3.8) is 0 Å². The molecule has 0 aliphatic heterocycles. The number of nitrogens with zero attached hydrogens (tertiary/aromatic N) is 1. The number of benzene rings is 1. The molecule has 1 aromatic carbocycles. The van der Waals surface area contributed by atoms with Gasteiger partial charge in [0.2, 0.25) is 0 Å². The summed E-state index contributed by atoms with van der Waals surface area (Å²) in [6.45, 7) is 16.8. The van der Waals surface area contributed by atoms with E-state index in [1.165, 1.54) is 0 Å². The molecule has 0 fully saturated rings. The van der Waals surface area contributed by atoms with E-state index in [0.717, 1.165) is 52.0 Å². The second-order valence-electron chi connectivity index (χ2n) is 9.11. The number of furan rings is 2. The molecule has 3 rings (SSSR count). The second-order valence-corrected chi connectivity index (χ2v) is 9.11. The van der Waals surface area contributed by atoms with Gasteiger partial charge in [0.25, 0.3) is 0 Å². The first kappa shape index (κ1) is 21.0. The van der Waals surface area contributed by atoms with Crippen molar-refractivity contribution < 1.29 is 8.83 Å². The van der Waals surface area contributed by atoms with Crippen molar-refractivity contribution in [2.75, 3.05) is 12.4 Å². The maximum absolute atomic E-state index is 6.22. The lowest BCUT2D eigenvalue weighted by molar-refractivity contribution is 0.381. The monoisotopic (exact) mass is 392 g/mol. The Bertz CT molecular complexity index is 1020. The zero-order valence-corrected chi connectivity index (χ0v) is 18.6. The fourth-order valence-electron chi connectivity index (χ4n) is 3.32. The Labute approximate surface area is 174 Å². The summed E-state index contributed by atoms with van der Waals surface area (Å²) in [5.74, 6) is 3.52. The Balaban J connectivity index is 2.11. The van der Waals surface area contributed by atoms with Crippen LogP contribution in [0.5, 0.6) is 0 Å². The van der Waals surface area contributed by atoms with Gasteiger partial charge in [-0.15, -0.1) is 0 Å². The molecule has 0 radical (unpaired) electrons. The molecule has 0 aliphatic carbocycles. The minimum atomic E-state index is -0.0475. The zero-order chi connectivity index (χ0) is 21.4. The molecular formula is C25H32N2O2. The third kappa shape index (κ3) is 3.89. The Morgan fingerprint density at radius 3 is 1.93 bits per heavy atom.